The molecule has 0 aromatic carbocycles. The molecule has 2 N–H and O–H groups in total. The van der Waals surface area contributed by atoms with E-state index < -0.39 is 11.9 Å². The zero-order valence-corrected chi connectivity index (χ0v) is 15.8. The Morgan fingerprint density at radius 1 is 0.462 bits per heavy atom. The van der Waals surface area contributed by atoms with Crippen molar-refractivity contribution in [3.05, 3.63) is 0 Å². The normalized spacial score (nSPS) is 46.0. The van der Waals surface area contributed by atoms with Gasteiger partial charge in [-0.2, -0.15) is 0 Å². The second-order valence-corrected chi connectivity index (χ2v) is 9.60. The first kappa shape index (κ1) is 18.3. The second kappa shape index (κ2) is 7.52. The van der Waals surface area contributed by atoms with Crippen molar-refractivity contribution < 1.29 is 19.8 Å². The zero-order chi connectivity index (χ0) is 18.3. The first-order valence-corrected chi connectivity index (χ1v) is 11.0. The Balaban J connectivity index is 1.55. The largest absolute Gasteiger partial charge is 0.481 e. The van der Waals surface area contributed by atoms with E-state index in [0.717, 1.165) is 38.5 Å². The Bertz CT molecular complexity index is 496. The maximum Gasteiger partial charge on any atom is 0.306 e. The molecule has 4 aliphatic carbocycles. The molecule has 0 amide bonds. The molecule has 0 aromatic heterocycles. The van der Waals surface area contributed by atoms with Crippen LogP contribution < -0.4 is 0 Å². The standard InChI is InChI=1S/C22H34O4/c23-21(24)19-11-3-7-15-13(5-1-9-17(15)19)14-6-2-10-18-16(14)8-4-12-20(18)22(25)26/h13-20H,1-12H2,(H,23,24)(H,25,26). The Hall–Kier alpha value is -1.06. The molecule has 4 heteroatoms. The smallest absolute Gasteiger partial charge is 0.306 e. The Labute approximate surface area is 156 Å². The molecule has 4 rings (SSSR count). The van der Waals surface area contributed by atoms with Gasteiger partial charge in [-0.25, -0.2) is 0 Å². The summed E-state index contributed by atoms with van der Waals surface area (Å²) >= 11 is 0. The molecule has 4 aliphatic rings. The van der Waals surface area contributed by atoms with Gasteiger partial charge in [-0.1, -0.05) is 25.7 Å². The van der Waals surface area contributed by atoms with Crippen molar-refractivity contribution >= 4 is 11.9 Å². The van der Waals surface area contributed by atoms with Crippen molar-refractivity contribution in [1.82, 2.24) is 0 Å². The van der Waals surface area contributed by atoms with Crippen molar-refractivity contribution in [2.24, 2.45) is 47.3 Å². The molecular weight excluding hydrogens is 328 g/mol. The van der Waals surface area contributed by atoms with Gasteiger partial charge in [-0.3, -0.25) is 9.59 Å². The molecule has 0 radical (unpaired) electrons. The highest BCUT2D eigenvalue weighted by molar-refractivity contribution is 5.71. The summed E-state index contributed by atoms with van der Waals surface area (Å²) in [6.45, 7) is 0. The number of carbonyl (C=O) groups is 2. The number of aliphatic carboxylic acids is 2. The van der Waals surface area contributed by atoms with Gasteiger partial charge >= 0.3 is 11.9 Å². The van der Waals surface area contributed by atoms with E-state index in [9.17, 15) is 19.8 Å². The molecule has 0 heterocycles. The van der Waals surface area contributed by atoms with E-state index in [2.05, 4.69) is 0 Å². The van der Waals surface area contributed by atoms with Crippen molar-refractivity contribution in [2.45, 2.75) is 77.0 Å². The van der Waals surface area contributed by atoms with Crippen LogP contribution in [-0.4, -0.2) is 22.2 Å². The van der Waals surface area contributed by atoms with E-state index in [4.69, 9.17) is 0 Å². The fourth-order valence-electron chi connectivity index (χ4n) is 7.78. The van der Waals surface area contributed by atoms with Crippen LogP contribution in [0.3, 0.4) is 0 Å². The first-order chi connectivity index (χ1) is 12.6. The van der Waals surface area contributed by atoms with Crippen LogP contribution >= 0.6 is 0 Å². The highest BCUT2D eigenvalue weighted by Gasteiger charge is 2.50. The minimum Gasteiger partial charge on any atom is -0.481 e. The Kier molecular flexibility index (Phi) is 5.29. The summed E-state index contributed by atoms with van der Waals surface area (Å²) in [7, 11) is 0. The van der Waals surface area contributed by atoms with Gasteiger partial charge in [0, 0.05) is 0 Å². The summed E-state index contributed by atoms with van der Waals surface area (Å²) in [5.74, 6) is 1.78. The zero-order valence-electron chi connectivity index (χ0n) is 15.8. The molecule has 0 spiro atoms. The van der Waals surface area contributed by atoms with Gasteiger partial charge in [0.05, 0.1) is 11.8 Å². The molecule has 0 aromatic rings. The van der Waals surface area contributed by atoms with Crippen LogP contribution in [0.5, 0.6) is 0 Å². The Morgan fingerprint density at radius 2 is 0.731 bits per heavy atom. The maximum absolute atomic E-state index is 11.8. The van der Waals surface area contributed by atoms with E-state index in [0.29, 0.717) is 35.5 Å². The highest BCUT2D eigenvalue weighted by atomic mass is 16.4. The van der Waals surface area contributed by atoms with Crippen LogP contribution in [0.2, 0.25) is 0 Å². The lowest BCUT2D eigenvalue weighted by atomic mass is 9.52. The third-order valence-corrected chi connectivity index (χ3v) is 8.67. The molecule has 0 bridgehead atoms. The summed E-state index contributed by atoms with van der Waals surface area (Å²) in [5.41, 5.74) is 0. The number of carboxylic acids is 2. The Morgan fingerprint density at radius 3 is 1.08 bits per heavy atom. The van der Waals surface area contributed by atoms with Crippen LogP contribution in [0.1, 0.15) is 77.0 Å². The molecule has 4 fully saturated rings. The number of hydrogen-bond donors (Lipinski definition) is 2. The summed E-state index contributed by atoms with van der Waals surface area (Å²) in [6.07, 6.45) is 13.3. The van der Waals surface area contributed by atoms with Crippen molar-refractivity contribution in [1.29, 1.82) is 0 Å². The van der Waals surface area contributed by atoms with E-state index in [-0.39, 0.29) is 11.8 Å². The van der Waals surface area contributed by atoms with Gasteiger partial charge in [0.15, 0.2) is 0 Å². The lowest BCUT2D eigenvalue weighted by Gasteiger charge is -2.53. The number of fused-ring (bicyclic) bond motifs is 2. The first-order valence-electron chi connectivity index (χ1n) is 11.0. The quantitative estimate of drug-likeness (QED) is 0.755. The van der Waals surface area contributed by atoms with Crippen molar-refractivity contribution in [3.63, 3.8) is 0 Å². The average Bonchev–Trinajstić information content (AvgIpc) is 2.65. The maximum atomic E-state index is 11.8. The average molecular weight is 363 g/mol. The monoisotopic (exact) mass is 362 g/mol. The highest BCUT2D eigenvalue weighted by Crippen LogP contribution is 2.56. The van der Waals surface area contributed by atoms with E-state index in [1.54, 1.807) is 0 Å². The molecule has 4 saturated carbocycles. The lowest BCUT2D eigenvalue weighted by molar-refractivity contribution is -0.152. The fraction of sp³-hybridized carbons (Fsp3) is 0.909. The van der Waals surface area contributed by atoms with Crippen LogP contribution in [0.25, 0.3) is 0 Å². The second-order valence-electron chi connectivity index (χ2n) is 9.60. The lowest BCUT2D eigenvalue weighted by Crippen LogP contribution is -2.47. The summed E-state index contributed by atoms with van der Waals surface area (Å²) in [5, 5.41) is 19.4. The molecule has 8 unspecified atom stereocenters. The van der Waals surface area contributed by atoms with Crippen LogP contribution in [0.4, 0.5) is 0 Å². The minimum absolute atomic E-state index is 0.130. The van der Waals surface area contributed by atoms with Crippen LogP contribution in [-0.2, 0) is 9.59 Å². The molecule has 0 aliphatic heterocycles. The van der Waals surface area contributed by atoms with Gasteiger partial charge in [0.1, 0.15) is 0 Å². The van der Waals surface area contributed by atoms with Crippen LogP contribution in [0.15, 0.2) is 0 Å². The van der Waals surface area contributed by atoms with Gasteiger partial charge in [-0.05, 0) is 86.9 Å². The molecule has 8 atom stereocenters. The SMILES string of the molecule is O=C(O)C1CCCC2C1CCCC2C1CCCC2C(C(=O)O)CCCC21. The molecular formula is C22H34O4. The van der Waals surface area contributed by atoms with E-state index >= 15 is 0 Å². The molecule has 26 heavy (non-hydrogen) atoms. The van der Waals surface area contributed by atoms with Gasteiger partial charge in [-0.15, -0.1) is 0 Å². The summed E-state index contributed by atoms with van der Waals surface area (Å²) in [6, 6.07) is 0. The van der Waals surface area contributed by atoms with Gasteiger partial charge in [0.2, 0.25) is 0 Å². The van der Waals surface area contributed by atoms with E-state index in [1.165, 1.54) is 38.5 Å². The number of rotatable bonds is 3. The van der Waals surface area contributed by atoms with Gasteiger partial charge < -0.3 is 10.2 Å². The minimum atomic E-state index is -0.578. The van der Waals surface area contributed by atoms with Crippen LogP contribution in [0, 0.1) is 47.3 Å². The number of hydrogen-bond acceptors (Lipinski definition) is 2. The fourth-order valence-corrected chi connectivity index (χ4v) is 7.78. The third kappa shape index (κ3) is 3.18. The predicted molar refractivity (Wildman–Crippen MR) is 98.6 cm³/mol. The molecule has 4 nitrogen and oxygen atoms in total. The summed E-state index contributed by atoms with van der Waals surface area (Å²) in [4.78, 5) is 23.5. The topological polar surface area (TPSA) is 74.6 Å². The molecule has 146 valence electrons. The predicted octanol–water partition coefficient (Wildman–Crippen LogP) is 4.82. The van der Waals surface area contributed by atoms with Crippen molar-refractivity contribution in [3.8, 4) is 0 Å². The third-order valence-electron chi connectivity index (χ3n) is 8.67. The molecule has 0 saturated heterocycles. The van der Waals surface area contributed by atoms with E-state index in [1.807, 2.05) is 0 Å². The van der Waals surface area contributed by atoms with Gasteiger partial charge in [0.25, 0.3) is 0 Å². The number of carboxylic acid groups (broad SMARTS) is 2. The summed E-state index contributed by atoms with van der Waals surface area (Å²) < 4.78 is 0. The van der Waals surface area contributed by atoms with Crippen molar-refractivity contribution in [2.75, 3.05) is 0 Å².